The molecule has 0 aliphatic rings. The van der Waals surface area contributed by atoms with Gasteiger partial charge in [0.2, 0.25) is 0 Å². The summed E-state index contributed by atoms with van der Waals surface area (Å²) in [6.07, 6.45) is 2.04. The van der Waals surface area contributed by atoms with E-state index < -0.39 is 0 Å². The highest BCUT2D eigenvalue weighted by Crippen LogP contribution is 2.15. The molecule has 2 aromatic carbocycles. The maximum atomic E-state index is 6.06. The summed E-state index contributed by atoms with van der Waals surface area (Å²) in [7, 11) is 0. The second-order valence-electron chi connectivity index (χ2n) is 4.92. The van der Waals surface area contributed by atoms with Gasteiger partial charge in [0, 0.05) is 14.6 Å². The number of hydrogen-bond donors (Lipinski definition) is 1. The summed E-state index contributed by atoms with van der Waals surface area (Å²) < 4.78 is 1.28. The van der Waals surface area contributed by atoms with Crippen molar-refractivity contribution in [3.8, 4) is 0 Å². The Hall–Kier alpha value is -0.580. The second kappa shape index (κ2) is 8.01. The molecule has 0 fully saturated rings. The minimum atomic E-state index is 0.443. The zero-order chi connectivity index (χ0) is 14.4. The van der Waals surface area contributed by atoms with Gasteiger partial charge in [-0.25, -0.2) is 0 Å². The van der Waals surface area contributed by atoms with E-state index in [4.69, 9.17) is 11.6 Å². The first-order valence-electron chi connectivity index (χ1n) is 6.89. The van der Waals surface area contributed by atoms with Crippen molar-refractivity contribution in [2.75, 3.05) is 6.54 Å². The lowest BCUT2D eigenvalue weighted by atomic mass is 9.99. The van der Waals surface area contributed by atoms with E-state index in [9.17, 15) is 0 Å². The van der Waals surface area contributed by atoms with Crippen molar-refractivity contribution in [3.05, 3.63) is 68.3 Å². The molecule has 1 nitrogen and oxygen atoms in total. The van der Waals surface area contributed by atoms with Crippen LogP contribution in [0, 0.1) is 3.57 Å². The van der Waals surface area contributed by atoms with Gasteiger partial charge in [0.1, 0.15) is 0 Å². The summed E-state index contributed by atoms with van der Waals surface area (Å²) in [5, 5.41) is 4.38. The molecule has 0 aromatic heterocycles. The number of rotatable bonds is 6. The van der Waals surface area contributed by atoms with Crippen LogP contribution in [-0.4, -0.2) is 12.6 Å². The van der Waals surface area contributed by atoms with Crippen molar-refractivity contribution in [2.24, 2.45) is 0 Å². The van der Waals surface area contributed by atoms with E-state index in [0.29, 0.717) is 6.04 Å². The van der Waals surface area contributed by atoms with Crippen LogP contribution in [0.2, 0.25) is 5.02 Å². The molecule has 0 saturated carbocycles. The Bertz CT molecular complexity index is 539. The summed E-state index contributed by atoms with van der Waals surface area (Å²) in [6, 6.07) is 17.3. The van der Waals surface area contributed by atoms with Crippen molar-refractivity contribution >= 4 is 34.2 Å². The van der Waals surface area contributed by atoms with Crippen molar-refractivity contribution < 1.29 is 0 Å². The lowest BCUT2D eigenvalue weighted by Gasteiger charge is -2.18. The van der Waals surface area contributed by atoms with Gasteiger partial charge in [-0.1, -0.05) is 42.8 Å². The molecule has 2 rings (SSSR count). The molecule has 0 heterocycles. The van der Waals surface area contributed by atoms with Crippen LogP contribution in [-0.2, 0) is 12.8 Å². The summed E-state index contributed by atoms with van der Waals surface area (Å²) >= 11 is 8.40. The van der Waals surface area contributed by atoms with Crippen LogP contribution in [0.25, 0.3) is 0 Å². The molecule has 0 aliphatic heterocycles. The van der Waals surface area contributed by atoms with Crippen molar-refractivity contribution in [1.29, 1.82) is 0 Å². The maximum Gasteiger partial charge on any atom is 0.0408 e. The lowest BCUT2D eigenvalue weighted by molar-refractivity contribution is 0.521. The molecular weight excluding hydrogens is 381 g/mol. The Kier molecular flexibility index (Phi) is 6.33. The third-order valence-electron chi connectivity index (χ3n) is 3.26. The van der Waals surface area contributed by atoms with Gasteiger partial charge in [0.25, 0.3) is 0 Å². The van der Waals surface area contributed by atoms with Crippen LogP contribution in [0.3, 0.4) is 0 Å². The molecule has 0 radical (unpaired) electrons. The zero-order valence-corrected chi connectivity index (χ0v) is 14.5. The fourth-order valence-corrected chi connectivity index (χ4v) is 2.93. The van der Waals surface area contributed by atoms with Gasteiger partial charge in [-0.2, -0.15) is 0 Å². The van der Waals surface area contributed by atoms with Gasteiger partial charge in [-0.15, -0.1) is 0 Å². The van der Waals surface area contributed by atoms with Gasteiger partial charge in [-0.3, -0.25) is 0 Å². The minimum Gasteiger partial charge on any atom is -0.314 e. The molecule has 3 heteroatoms. The van der Waals surface area contributed by atoms with Gasteiger partial charge in [0.05, 0.1) is 0 Å². The Morgan fingerprint density at radius 3 is 2.40 bits per heavy atom. The fourth-order valence-electron chi connectivity index (χ4n) is 2.36. The van der Waals surface area contributed by atoms with Crippen LogP contribution < -0.4 is 5.32 Å². The van der Waals surface area contributed by atoms with Crippen LogP contribution in [0.1, 0.15) is 18.1 Å². The Labute approximate surface area is 139 Å². The largest absolute Gasteiger partial charge is 0.314 e. The van der Waals surface area contributed by atoms with Crippen LogP contribution >= 0.6 is 34.2 Å². The van der Waals surface area contributed by atoms with Gasteiger partial charge in [0.15, 0.2) is 0 Å². The average molecular weight is 400 g/mol. The zero-order valence-electron chi connectivity index (χ0n) is 11.6. The van der Waals surface area contributed by atoms with E-state index in [-0.39, 0.29) is 0 Å². The van der Waals surface area contributed by atoms with E-state index in [1.54, 1.807) is 0 Å². The quantitative estimate of drug-likeness (QED) is 0.694. The van der Waals surface area contributed by atoms with Crippen LogP contribution in [0.15, 0.2) is 48.5 Å². The fraction of sp³-hybridized carbons (Fsp3) is 0.294. The Balaban J connectivity index is 2.05. The number of halogens is 2. The Morgan fingerprint density at radius 1 is 1.05 bits per heavy atom. The highest BCUT2D eigenvalue weighted by Gasteiger charge is 2.10. The van der Waals surface area contributed by atoms with Crippen molar-refractivity contribution in [3.63, 3.8) is 0 Å². The molecule has 0 amide bonds. The average Bonchev–Trinajstić information content (AvgIpc) is 2.42. The van der Waals surface area contributed by atoms with E-state index in [2.05, 4.69) is 71.2 Å². The first-order valence-corrected chi connectivity index (χ1v) is 8.35. The molecule has 0 aliphatic carbocycles. The molecule has 2 aromatic rings. The molecular formula is C17H19ClIN. The maximum absolute atomic E-state index is 6.06. The smallest absolute Gasteiger partial charge is 0.0408 e. The molecule has 106 valence electrons. The third-order valence-corrected chi connectivity index (χ3v) is 4.21. The highest BCUT2D eigenvalue weighted by atomic mass is 127. The summed E-state index contributed by atoms with van der Waals surface area (Å²) in [4.78, 5) is 0. The first kappa shape index (κ1) is 15.8. The number of likely N-dealkylation sites (N-methyl/N-ethyl adjacent to an activating group) is 1. The van der Waals surface area contributed by atoms with Gasteiger partial charge < -0.3 is 5.32 Å². The molecule has 1 atom stereocenters. The number of nitrogens with one attached hydrogen (secondary N) is 1. The minimum absolute atomic E-state index is 0.443. The topological polar surface area (TPSA) is 12.0 Å². The van der Waals surface area contributed by atoms with E-state index in [0.717, 1.165) is 24.4 Å². The molecule has 1 N–H and O–H groups in total. The van der Waals surface area contributed by atoms with E-state index in [1.165, 1.54) is 14.7 Å². The predicted octanol–water partition coefficient (Wildman–Crippen LogP) is 4.71. The van der Waals surface area contributed by atoms with Crippen molar-refractivity contribution in [1.82, 2.24) is 5.32 Å². The van der Waals surface area contributed by atoms with E-state index in [1.807, 2.05) is 12.1 Å². The molecule has 0 saturated heterocycles. The molecule has 0 spiro atoms. The first-order chi connectivity index (χ1) is 9.67. The monoisotopic (exact) mass is 399 g/mol. The standard InChI is InChI=1S/C17H19ClIN/c1-2-20-17(11-13-6-8-16(19)9-7-13)12-14-4-3-5-15(18)10-14/h3-10,17,20H,2,11-12H2,1H3. The van der Waals surface area contributed by atoms with E-state index >= 15 is 0 Å². The SMILES string of the molecule is CCNC(Cc1ccc(I)cc1)Cc1cccc(Cl)c1. The summed E-state index contributed by atoms with van der Waals surface area (Å²) in [5.74, 6) is 0. The predicted molar refractivity (Wildman–Crippen MR) is 95.5 cm³/mol. The third kappa shape index (κ3) is 5.08. The highest BCUT2D eigenvalue weighted by molar-refractivity contribution is 14.1. The van der Waals surface area contributed by atoms with Crippen LogP contribution in [0.5, 0.6) is 0 Å². The molecule has 20 heavy (non-hydrogen) atoms. The molecule has 1 unspecified atom stereocenters. The molecule has 0 bridgehead atoms. The second-order valence-corrected chi connectivity index (χ2v) is 6.60. The Morgan fingerprint density at radius 2 is 1.75 bits per heavy atom. The van der Waals surface area contributed by atoms with Crippen molar-refractivity contribution in [2.45, 2.75) is 25.8 Å². The van der Waals surface area contributed by atoms with Gasteiger partial charge >= 0.3 is 0 Å². The normalized spacial score (nSPS) is 12.3. The van der Waals surface area contributed by atoms with Gasteiger partial charge in [-0.05, 0) is 77.4 Å². The van der Waals surface area contributed by atoms with Crippen LogP contribution in [0.4, 0.5) is 0 Å². The number of benzene rings is 2. The summed E-state index contributed by atoms with van der Waals surface area (Å²) in [5.41, 5.74) is 2.66. The lowest BCUT2D eigenvalue weighted by Crippen LogP contribution is -2.33. The summed E-state index contributed by atoms with van der Waals surface area (Å²) in [6.45, 7) is 3.13. The number of hydrogen-bond acceptors (Lipinski definition) is 1.